The second-order valence-electron chi connectivity index (χ2n) is 8.26. The summed E-state index contributed by atoms with van der Waals surface area (Å²) < 4.78 is 1.76. The summed E-state index contributed by atoms with van der Waals surface area (Å²) in [5.41, 5.74) is 2.70. The molecule has 0 aliphatic carbocycles. The van der Waals surface area contributed by atoms with Crippen LogP contribution in [0.3, 0.4) is 0 Å². The summed E-state index contributed by atoms with van der Waals surface area (Å²) in [6.07, 6.45) is 0. The lowest BCUT2D eigenvalue weighted by Gasteiger charge is -2.19. The molecule has 6 nitrogen and oxygen atoms in total. The number of amides is 2. The Balaban J connectivity index is 2.33. The second kappa shape index (κ2) is 7.94. The van der Waals surface area contributed by atoms with Gasteiger partial charge in [0.25, 0.3) is 0 Å². The SMILES string of the molecule is Cc1ccccc1-n1nc(C(C)(C)C)cc1NC(=O)CN(C)C(=O)C(C)C. The predicted molar refractivity (Wildman–Crippen MR) is 108 cm³/mol. The Morgan fingerprint density at radius 2 is 1.85 bits per heavy atom. The standard InChI is InChI=1S/C21H30N4O2/c1-14(2)20(27)24(7)13-19(26)22-18-12-17(21(4,5)6)23-25(18)16-11-9-8-10-15(16)3/h8-12,14H,13H2,1-7H3,(H,22,26). The van der Waals surface area contributed by atoms with Crippen molar-refractivity contribution in [2.24, 2.45) is 5.92 Å². The van der Waals surface area contributed by atoms with Gasteiger partial charge in [-0.25, -0.2) is 4.68 Å². The van der Waals surface area contributed by atoms with Gasteiger partial charge in [0.05, 0.1) is 17.9 Å². The first kappa shape index (κ1) is 20.7. The Bertz CT molecular complexity index is 831. The third kappa shape index (κ3) is 4.96. The molecule has 146 valence electrons. The third-order valence-corrected chi connectivity index (χ3v) is 4.34. The number of anilines is 1. The van der Waals surface area contributed by atoms with Crippen LogP contribution in [0.4, 0.5) is 5.82 Å². The largest absolute Gasteiger partial charge is 0.336 e. The van der Waals surface area contributed by atoms with E-state index in [2.05, 4.69) is 26.1 Å². The van der Waals surface area contributed by atoms with Gasteiger partial charge in [0.1, 0.15) is 5.82 Å². The zero-order valence-corrected chi connectivity index (χ0v) is 17.3. The maximum absolute atomic E-state index is 12.5. The average molecular weight is 370 g/mol. The molecule has 0 fully saturated rings. The highest BCUT2D eigenvalue weighted by molar-refractivity contribution is 5.94. The number of hydrogen-bond donors (Lipinski definition) is 1. The molecular formula is C21H30N4O2. The molecule has 0 bridgehead atoms. The van der Waals surface area contributed by atoms with Crippen molar-refractivity contribution >= 4 is 17.6 Å². The number of likely N-dealkylation sites (N-methyl/N-ethyl adjacent to an activating group) is 1. The molecule has 0 unspecified atom stereocenters. The van der Waals surface area contributed by atoms with Gasteiger partial charge in [0.2, 0.25) is 11.8 Å². The second-order valence-corrected chi connectivity index (χ2v) is 8.26. The Morgan fingerprint density at radius 1 is 1.22 bits per heavy atom. The molecule has 0 saturated carbocycles. The van der Waals surface area contributed by atoms with Gasteiger partial charge >= 0.3 is 0 Å². The molecule has 1 aromatic heterocycles. The lowest BCUT2D eigenvalue weighted by molar-refractivity contribution is -0.136. The summed E-state index contributed by atoms with van der Waals surface area (Å²) in [6.45, 7) is 11.9. The highest BCUT2D eigenvalue weighted by Gasteiger charge is 2.23. The lowest BCUT2D eigenvalue weighted by atomic mass is 9.92. The molecule has 27 heavy (non-hydrogen) atoms. The summed E-state index contributed by atoms with van der Waals surface area (Å²) in [7, 11) is 1.64. The fourth-order valence-electron chi connectivity index (χ4n) is 2.74. The molecular weight excluding hydrogens is 340 g/mol. The first-order valence-corrected chi connectivity index (χ1v) is 9.22. The van der Waals surface area contributed by atoms with Crippen LogP contribution in [0.1, 0.15) is 45.9 Å². The van der Waals surface area contributed by atoms with Gasteiger partial charge in [-0.1, -0.05) is 52.8 Å². The van der Waals surface area contributed by atoms with E-state index in [1.165, 1.54) is 4.90 Å². The Morgan fingerprint density at radius 3 is 2.41 bits per heavy atom. The van der Waals surface area contributed by atoms with Gasteiger partial charge in [-0.05, 0) is 18.6 Å². The smallest absolute Gasteiger partial charge is 0.245 e. The summed E-state index contributed by atoms with van der Waals surface area (Å²) >= 11 is 0. The lowest BCUT2D eigenvalue weighted by Crippen LogP contribution is -2.37. The zero-order chi connectivity index (χ0) is 20.4. The molecule has 1 heterocycles. The van der Waals surface area contributed by atoms with Gasteiger partial charge in [0.15, 0.2) is 0 Å². The van der Waals surface area contributed by atoms with Crippen molar-refractivity contribution in [1.82, 2.24) is 14.7 Å². The Labute approximate surface area is 161 Å². The molecule has 0 spiro atoms. The minimum Gasteiger partial charge on any atom is -0.336 e. The van der Waals surface area contributed by atoms with Crippen molar-refractivity contribution in [3.05, 3.63) is 41.6 Å². The molecule has 0 aliphatic rings. The monoisotopic (exact) mass is 370 g/mol. The van der Waals surface area contributed by atoms with E-state index in [-0.39, 0.29) is 29.7 Å². The number of nitrogens with one attached hydrogen (secondary N) is 1. The molecule has 2 amide bonds. The molecule has 0 radical (unpaired) electrons. The zero-order valence-electron chi connectivity index (χ0n) is 17.3. The molecule has 2 rings (SSSR count). The summed E-state index contributed by atoms with van der Waals surface area (Å²) in [4.78, 5) is 26.0. The minimum absolute atomic E-state index is 0.000810. The van der Waals surface area contributed by atoms with E-state index in [1.807, 2.05) is 51.1 Å². The van der Waals surface area contributed by atoms with Crippen LogP contribution in [0.2, 0.25) is 0 Å². The summed E-state index contributed by atoms with van der Waals surface area (Å²) in [5, 5.41) is 7.65. The van der Waals surface area contributed by atoms with Crippen molar-refractivity contribution in [3.63, 3.8) is 0 Å². The van der Waals surface area contributed by atoms with Crippen LogP contribution in [-0.2, 0) is 15.0 Å². The molecule has 1 N–H and O–H groups in total. The van der Waals surface area contributed by atoms with E-state index in [4.69, 9.17) is 5.10 Å². The van der Waals surface area contributed by atoms with Crippen molar-refractivity contribution in [1.29, 1.82) is 0 Å². The normalized spacial score (nSPS) is 11.6. The van der Waals surface area contributed by atoms with Crippen LogP contribution in [-0.4, -0.2) is 40.1 Å². The fourth-order valence-corrected chi connectivity index (χ4v) is 2.74. The van der Waals surface area contributed by atoms with Crippen LogP contribution >= 0.6 is 0 Å². The van der Waals surface area contributed by atoms with Crippen LogP contribution in [0.25, 0.3) is 5.69 Å². The molecule has 0 saturated heterocycles. The highest BCUT2D eigenvalue weighted by Crippen LogP contribution is 2.27. The van der Waals surface area contributed by atoms with E-state index in [1.54, 1.807) is 11.7 Å². The van der Waals surface area contributed by atoms with Crippen LogP contribution in [0.15, 0.2) is 30.3 Å². The van der Waals surface area contributed by atoms with Gasteiger partial charge in [-0.3, -0.25) is 9.59 Å². The van der Waals surface area contributed by atoms with Crippen molar-refractivity contribution in [2.45, 2.75) is 47.0 Å². The molecule has 0 aliphatic heterocycles. The van der Waals surface area contributed by atoms with Crippen LogP contribution < -0.4 is 5.32 Å². The number of nitrogens with zero attached hydrogens (tertiary/aromatic N) is 3. The van der Waals surface area contributed by atoms with Gasteiger partial charge in [-0.2, -0.15) is 5.10 Å². The van der Waals surface area contributed by atoms with E-state index in [9.17, 15) is 9.59 Å². The number of carbonyl (C=O) groups excluding carboxylic acids is 2. The average Bonchev–Trinajstić information content (AvgIpc) is 2.98. The number of aryl methyl sites for hydroxylation is 1. The van der Waals surface area contributed by atoms with Gasteiger partial charge in [0, 0.05) is 24.4 Å². The number of hydrogen-bond acceptors (Lipinski definition) is 3. The first-order valence-electron chi connectivity index (χ1n) is 9.22. The molecule has 6 heteroatoms. The molecule has 2 aromatic rings. The van der Waals surface area contributed by atoms with Crippen LogP contribution in [0, 0.1) is 12.8 Å². The van der Waals surface area contributed by atoms with Crippen molar-refractivity contribution < 1.29 is 9.59 Å². The van der Waals surface area contributed by atoms with E-state index < -0.39 is 0 Å². The maximum atomic E-state index is 12.5. The number of para-hydroxylation sites is 1. The van der Waals surface area contributed by atoms with E-state index in [0.29, 0.717) is 5.82 Å². The molecule has 1 aromatic carbocycles. The van der Waals surface area contributed by atoms with Crippen LogP contribution in [0.5, 0.6) is 0 Å². The predicted octanol–water partition coefficient (Wildman–Crippen LogP) is 3.53. The van der Waals surface area contributed by atoms with Gasteiger partial charge in [-0.15, -0.1) is 0 Å². The Hall–Kier alpha value is -2.63. The van der Waals surface area contributed by atoms with Crippen molar-refractivity contribution in [2.75, 3.05) is 18.9 Å². The van der Waals surface area contributed by atoms with Crippen molar-refractivity contribution in [3.8, 4) is 5.69 Å². The number of benzene rings is 1. The summed E-state index contributed by atoms with van der Waals surface area (Å²) in [6, 6.07) is 9.79. The quantitative estimate of drug-likeness (QED) is 0.875. The highest BCUT2D eigenvalue weighted by atomic mass is 16.2. The van der Waals surface area contributed by atoms with E-state index in [0.717, 1.165) is 16.9 Å². The number of aromatic nitrogens is 2. The number of rotatable bonds is 5. The molecule has 0 atom stereocenters. The van der Waals surface area contributed by atoms with E-state index >= 15 is 0 Å². The first-order chi connectivity index (χ1) is 12.5. The fraction of sp³-hybridized carbons (Fsp3) is 0.476. The third-order valence-electron chi connectivity index (χ3n) is 4.34. The van der Waals surface area contributed by atoms with Gasteiger partial charge < -0.3 is 10.2 Å². The minimum atomic E-state index is -0.248. The summed E-state index contributed by atoms with van der Waals surface area (Å²) in [5.74, 6) is 0.145. The maximum Gasteiger partial charge on any atom is 0.245 e. The topological polar surface area (TPSA) is 67.2 Å². The number of carbonyl (C=O) groups is 2. The Kier molecular flexibility index (Phi) is 6.08.